The van der Waals surface area contributed by atoms with Gasteiger partial charge in [-0.1, -0.05) is 53.7 Å². The molecule has 0 spiro atoms. The van der Waals surface area contributed by atoms with E-state index in [0.717, 1.165) is 48.4 Å². The normalized spacial score (nSPS) is 18.6. The van der Waals surface area contributed by atoms with Gasteiger partial charge in [-0.05, 0) is 12.0 Å². The van der Waals surface area contributed by atoms with Gasteiger partial charge in [0.1, 0.15) is 12.0 Å². The fraction of sp³-hybridized carbons (Fsp3) is 0.389. The van der Waals surface area contributed by atoms with Gasteiger partial charge in [0.2, 0.25) is 5.13 Å². The van der Waals surface area contributed by atoms with Crippen molar-refractivity contribution in [3.05, 3.63) is 48.2 Å². The Hall–Kier alpha value is -2.25. The average molecular weight is 355 g/mol. The number of anilines is 1. The zero-order valence-corrected chi connectivity index (χ0v) is 15.0. The van der Waals surface area contributed by atoms with Crippen LogP contribution in [0.1, 0.15) is 18.9 Å². The molecule has 1 aromatic carbocycles. The van der Waals surface area contributed by atoms with Crippen molar-refractivity contribution in [2.75, 3.05) is 24.5 Å². The second-order valence-corrected chi connectivity index (χ2v) is 7.19. The van der Waals surface area contributed by atoms with Gasteiger partial charge in [0.25, 0.3) is 0 Å². The van der Waals surface area contributed by atoms with Crippen LogP contribution in [-0.2, 0) is 6.54 Å². The van der Waals surface area contributed by atoms with E-state index >= 15 is 0 Å². The minimum absolute atomic E-state index is 0.522. The molecular weight excluding hydrogens is 334 g/mol. The van der Waals surface area contributed by atoms with Crippen LogP contribution < -0.4 is 4.90 Å². The summed E-state index contributed by atoms with van der Waals surface area (Å²) in [6, 6.07) is 13.0. The van der Waals surface area contributed by atoms with E-state index in [1.807, 2.05) is 6.07 Å². The van der Waals surface area contributed by atoms with Gasteiger partial charge in [-0.2, -0.15) is 0 Å². The van der Waals surface area contributed by atoms with Crippen molar-refractivity contribution in [1.82, 2.24) is 20.3 Å². The Balaban J connectivity index is 1.44. The highest BCUT2D eigenvalue weighted by atomic mass is 32.1. The van der Waals surface area contributed by atoms with E-state index in [-0.39, 0.29) is 0 Å². The van der Waals surface area contributed by atoms with Crippen LogP contribution in [-0.4, -0.2) is 45.9 Å². The lowest BCUT2D eigenvalue weighted by atomic mass is 10.1. The summed E-state index contributed by atoms with van der Waals surface area (Å²) in [6.45, 7) is 6.25. The fourth-order valence-electron chi connectivity index (χ4n) is 3.25. The molecule has 2 aromatic heterocycles. The molecule has 3 heterocycles. The van der Waals surface area contributed by atoms with E-state index in [9.17, 15) is 0 Å². The third kappa shape index (κ3) is 3.57. The topological polar surface area (TPSA) is 58.3 Å². The third-order valence-corrected chi connectivity index (χ3v) is 5.65. The molecule has 25 heavy (non-hydrogen) atoms. The van der Waals surface area contributed by atoms with Crippen molar-refractivity contribution in [2.45, 2.75) is 25.9 Å². The van der Waals surface area contributed by atoms with E-state index in [4.69, 9.17) is 4.52 Å². The molecule has 4 rings (SSSR count). The zero-order valence-electron chi connectivity index (χ0n) is 14.2. The van der Waals surface area contributed by atoms with Gasteiger partial charge >= 0.3 is 0 Å². The molecule has 1 unspecified atom stereocenters. The maximum atomic E-state index is 4.90. The molecule has 1 aliphatic rings. The molecule has 3 aromatic rings. The van der Waals surface area contributed by atoms with Crippen LogP contribution >= 0.6 is 11.3 Å². The van der Waals surface area contributed by atoms with Crippen molar-refractivity contribution >= 4 is 16.5 Å². The van der Waals surface area contributed by atoms with Crippen LogP contribution in [0.25, 0.3) is 10.7 Å². The van der Waals surface area contributed by atoms with Gasteiger partial charge in [0.15, 0.2) is 5.01 Å². The lowest BCUT2D eigenvalue weighted by molar-refractivity contribution is 0.163. The Kier molecular flexibility index (Phi) is 4.76. The molecule has 0 N–H and O–H groups in total. The van der Waals surface area contributed by atoms with E-state index in [1.165, 1.54) is 5.56 Å². The SMILES string of the molecule is CCC1CN(c2nnc(-c3ccon3)s2)CCN1Cc1ccccc1. The number of nitrogens with zero attached hydrogens (tertiary/aromatic N) is 5. The van der Waals surface area contributed by atoms with E-state index in [2.05, 4.69) is 62.4 Å². The van der Waals surface area contributed by atoms with E-state index in [1.54, 1.807) is 17.6 Å². The Morgan fingerprint density at radius 3 is 2.80 bits per heavy atom. The van der Waals surface area contributed by atoms with Gasteiger partial charge < -0.3 is 9.42 Å². The molecule has 0 aliphatic carbocycles. The molecule has 0 radical (unpaired) electrons. The van der Waals surface area contributed by atoms with Crippen LogP contribution in [0.3, 0.4) is 0 Å². The number of rotatable bonds is 5. The molecule has 1 saturated heterocycles. The number of benzene rings is 1. The van der Waals surface area contributed by atoms with E-state index < -0.39 is 0 Å². The molecule has 130 valence electrons. The van der Waals surface area contributed by atoms with Crippen LogP contribution in [0.15, 0.2) is 47.2 Å². The van der Waals surface area contributed by atoms with Gasteiger partial charge in [-0.25, -0.2) is 0 Å². The lowest BCUT2D eigenvalue weighted by Crippen LogP contribution is -2.52. The highest BCUT2D eigenvalue weighted by Gasteiger charge is 2.27. The van der Waals surface area contributed by atoms with E-state index in [0.29, 0.717) is 6.04 Å². The second kappa shape index (κ2) is 7.33. The minimum Gasteiger partial charge on any atom is -0.364 e. The van der Waals surface area contributed by atoms with Crippen LogP contribution in [0.2, 0.25) is 0 Å². The summed E-state index contributed by atoms with van der Waals surface area (Å²) in [6.07, 6.45) is 2.68. The molecular formula is C18H21N5OS. The molecule has 6 nitrogen and oxygen atoms in total. The third-order valence-electron chi connectivity index (χ3n) is 4.65. The number of aromatic nitrogens is 3. The van der Waals surface area contributed by atoms with Crippen molar-refractivity contribution < 1.29 is 4.52 Å². The Morgan fingerprint density at radius 1 is 1.16 bits per heavy atom. The number of hydrogen-bond acceptors (Lipinski definition) is 7. The molecule has 0 bridgehead atoms. The highest BCUT2D eigenvalue weighted by Crippen LogP contribution is 2.29. The maximum Gasteiger partial charge on any atom is 0.208 e. The number of piperazine rings is 1. The summed E-state index contributed by atoms with van der Waals surface area (Å²) < 4.78 is 4.90. The Labute approximate surface area is 151 Å². The standard InChI is InChI=1S/C18H21N5OS/c1-2-15-13-23(10-9-22(15)12-14-6-4-3-5-7-14)18-20-19-17(25-18)16-8-11-24-21-16/h3-8,11,15H,2,9-10,12-13H2,1H3. The van der Waals surface area contributed by atoms with Crippen molar-refractivity contribution in [1.29, 1.82) is 0 Å². The summed E-state index contributed by atoms with van der Waals surface area (Å²) in [5.41, 5.74) is 2.12. The molecule has 1 atom stereocenters. The summed E-state index contributed by atoms with van der Waals surface area (Å²) in [5.74, 6) is 0. The van der Waals surface area contributed by atoms with Crippen molar-refractivity contribution in [3.8, 4) is 10.7 Å². The van der Waals surface area contributed by atoms with Gasteiger partial charge in [-0.15, -0.1) is 10.2 Å². The second-order valence-electron chi connectivity index (χ2n) is 6.24. The molecule has 7 heteroatoms. The quantitative estimate of drug-likeness (QED) is 0.700. The smallest absolute Gasteiger partial charge is 0.208 e. The van der Waals surface area contributed by atoms with Crippen LogP contribution in [0.5, 0.6) is 0 Å². The van der Waals surface area contributed by atoms with Crippen molar-refractivity contribution in [3.63, 3.8) is 0 Å². The average Bonchev–Trinajstić information content (AvgIpc) is 3.34. The maximum absolute atomic E-state index is 4.90. The van der Waals surface area contributed by atoms with Gasteiger partial charge in [-0.3, -0.25) is 4.90 Å². The largest absolute Gasteiger partial charge is 0.364 e. The summed E-state index contributed by atoms with van der Waals surface area (Å²) in [4.78, 5) is 4.92. The van der Waals surface area contributed by atoms with Gasteiger partial charge in [0, 0.05) is 38.3 Å². The fourth-order valence-corrected chi connectivity index (χ4v) is 4.09. The molecule has 0 amide bonds. The summed E-state index contributed by atoms with van der Waals surface area (Å²) in [7, 11) is 0. The first-order chi connectivity index (χ1) is 12.3. The first-order valence-corrected chi connectivity index (χ1v) is 9.42. The number of hydrogen-bond donors (Lipinski definition) is 0. The predicted molar refractivity (Wildman–Crippen MR) is 98.6 cm³/mol. The zero-order chi connectivity index (χ0) is 17.1. The van der Waals surface area contributed by atoms with Crippen molar-refractivity contribution in [2.24, 2.45) is 0 Å². The summed E-state index contributed by atoms with van der Waals surface area (Å²) in [5, 5.41) is 14.3. The molecule has 1 aliphatic heterocycles. The van der Waals surface area contributed by atoms with Gasteiger partial charge in [0.05, 0.1) is 0 Å². The molecule has 0 saturated carbocycles. The first-order valence-electron chi connectivity index (χ1n) is 8.60. The highest BCUT2D eigenvalue weighted by molar-refractivity contribution is 7.18. The van der Waals surface area contributed by atoms with Crippen LogP contribution in [0.4, 0.5) is 5.13 Å². The summed E-state index contributed by atoms with van der Waals surface area (Å²) >= 11 is 1.58. The predicted octanol–water partition coefficient (Wildman–Crippen LogP) is 3.29. The molecule has 1 fully saturated rings. The van der Waals surface area contributed by atoms with Crippen LogP contribution in [0, 0.1) is 0 Å². The Morgan fingerprint density at radius 2 is 2.04 bits per heavy atom. The Bertz CT molecular complexity index is 789. The first kappa shape index (κ1) is 16.2. The minimum atomic E-state index is 0.522. The monoisotopic (exact) mass is 355 g/mol. The lowest BCUT2D eigenvalue weighted by Gasteiger charge is -2.41.